The smallest absolute Gasteiger partial charge is 0.426 e. The number of alkyl halides is 6. The number of nitrogens with zero attached hydrogens (tertiary/aromatic N) is 4. The number of aromatic nitrogens is 3. The van der Waals surface area contributed by atoms with Gasteiger partial charge in [0.15, 0.2) is 5.69 Å². The van der Waals surface area contributed by atoms with Gasteiger partial charge in [0.05, 0.1) is 17.9 Å². The maximum absolute atomic E-state index is 15.1. The van der Waals surface area contributed by atoms with Crippen molar-refractivity contribution in [2.45, 2.75) is 68.6 Å². The van der Waals surface area contributed by atoms with E-state index in [2.05, 4.69) is 15.2 Å². The van der Waals surface area contributed by atoms with E-state index in [0.29, 0.717) is 17.2 Å². The molecule has 3 heterocycles. The zero-order chi connectivity index (χ0) is 36.9. The Morgan fingerprint density at radius 3 is 2.29 bits per heavy atom. The number of hydrogen-bond donors (Lipinski definition) is 2. The van der Waals surface area contributed by atoms with Gasteiger partial charge in [-0.3, -0.25) is 10.1 Å². The molecule has 52 heavy (non-hydrogen) atoms. The molecule has 0 spiro atoms. The summed E-state index contributed by atoms with van der Waals surface area (Å²) in [5.41, 5.74) is -5.26. The van der Waals surface area contributed by atoms with Crippen molar-refractivity contribution in [1.82, 2.24) is 20.1 Å². The lowest BCUT2D eigenvalue weighted by atomic mass is 9.42. The van der Waals surface area contributed by atoms with E-state index in [-0.39, 0.29) is 24.9 Å². The highest BCUT2D eigenvalue weighted by Gasteiger charge is 2.61. The molecule has 272 valence electrons. The van der Waals surface area contributed by atoms with E-state index in [4.69, 9.17) is 9.15 Å². The summed E-state index contributed by atoms with van der Waals surface area (Å²) >= 11 is 0. The summed E-state index contributed by atoms with van der Waals surface area (Å²) < 4.78 is 99.9. The van der Waals surface area contributed by atoms with Crippen LogP contribution < -0.4 is 5.32 Å². The van der Waals surface area contributed by atoms with Crippen LogP contribution in [0.4, 0.5) is 36.8 Å². The van der Waals surface area contributed by atoms with Crippen molar-refractivity contribution < 1.29 is 50.2 Å². The van der Waals surface area contributed by atoms with Crippen LogP contribution in [0.3, 0.4) is 0 Å². The zero-order valence-electron chi connectivity index (χ0n) is 27.3. The molecule has 1 aliphatic heterocycles. The fourth-order valence-electron chi connectivity index (χ4n) is 7.07. The molecule has 0 unspecified atom stereocenters. The van der Waals surface area contributed by atoms with Gasteiger partial charge in [-0.1, -0.05) is 66.7 Å². The predicted molar refractivity (Wildman–Crippen MR) is 172 cm³/mol. The number of carbonyl (C=O) groups is 2. The number of pyridine rings is 1. The zero-order valence-corrected chi connectivity index (χ0v) is 27.3. The first kappa shape index (κ1) is 35.2. The molecule has 4 aromatic rings. The summed E-state index contributed by atoms with van der Waals surface area (Å²) in [6.07, 6.45) is -7.23. The Morgan fingerprint density at radius 1 is 0.962 bits per heavy atom. The van der Waals surface area contributed by atoms with E-state index in [9.17, 15) is 27.9 Å². The molecule has 0 radical (unpaired) electrons. The molecule has 1 atom stereocenters. The van der Waals surface area contributed by atoms with E-state index in [1.54, 1.807) is 47.8 Å². The van der Waals surface area contributed by atoms with Crippen LogP contribution in [0, 0.1) is 5.92 Å². The summed E-state index contributed by atoms with van der Waals surface area (Å²) in [5, 5.41) is 18.4. The highest BCUT2D eigenvalue weighted by molar-refractivity contribution is 5.97. The molecular formula is C36H31F6N5O5. The number of benzene rings is 2. The Morgan fingerprint density at radius 2 is 1.67 bits per heavy atom. The van der Waals surface area contributed by atoms with Crippen LogP contribution >= 0.6 is 0 Å². The van der Waals surface area contributed by atoms with Crippen molar-refractivity contribution in [2.24, 2.45) is 5.92 Å². The molecule has 3 aliphatic carbocycles. The Hall–Kier alpha value is -5.25. The first-order chi connectivity index (χ1) is 24.7. The van der Waals surface area contributed by atoms with Crippen molar-refractivity contribution in [3.63, 3.8) is 0 Å². The second kappa shape index (κ2) is 13.1. The summed E-state index contributed by atoms with van der Waals surface area (Å²) in [6.45, 7) is -0.888. The molecule has 2 aromatic carbocycles. The minimum Gasteiger partial charge on any atom is -0.465 e. The molecule has 10 nitrogen and oxygen atoms in total. The number of nitrogens with one attached hydrogen (secondary N) is 1. The standard InChI is InChI=1S/C36H31F6N5O5/c37-35(38,39)25-15-26(43-32(49)50)28-29-45-46-31(52-29)34(36(40,41)42,51-20-22-7-3-1-4-8-22)13-5-2-6-14-47(30(48)27(25)44-28)19-21-9-11-24(12-10-21)33-16-23(17-33)18-33/h1-5,7-12,15,23,43H,6,13-14,16-20H2,(H,49,50)/t23?,33?,34-/m1/s1. The summed E-state index contributed by atoms with van der Waals surface area (Å²) in [7, 11) is 0. The lowest BCUT2D eigenvalue weighted by Crippen LogP contribution is -2.55. The molecule has 8 rings (SSSR count). The lowest BCUT2D eigenvalue weighted by Gasteiger charge is -2.62. The van der Waals surface area contributed by atoms with Gasteiger partial charge in [0, 0.05) is 19.5 Å². The van der Waals surface area contributed by atoms with Crippen molar-refractivity contribution in [2.75, 3.05) is 11.9 Å². The molecule has 0 saturated heterocycles. The maximum atomic E-state index is 15.1. The number of rotatable bonds is 7. The summed E-state index contributed by atoms with van der Waals surface area (Å²) in [5.74, 6) is -2.39. The summed E-state index contributed by atoms with van der Waals surface area (Å²) in [6, 6.07) is 15.8. The number of carbonyl (C=O) groups excluding carboxylic acids is 1. The van der Waals surface area contributed by atoms with Gasteiger partial charge in [-0.25, -0.2) is 9.78 Å². The fourth-order valence-corrected chi connectivity index (χ4v) is 7.07. The molecule has 6 bridgehead atoms. The predicted octanol–water partition coefficient (Wildman–Crippen LogP) is 8.26. The van der Waals surface area contributed by atoms with Crippen LogP contribution in [-0.2, 0) is 35.1 Å². The second-order valence-corrected chi connectivity index (χ2v) is 13.4. The number of halogens is 6. The normalized spacial score (nSPS) is 23.0. The van der Waals surface area contributed by atoms with Gasteiger partial charge >= 0.3 is 18.4 Å². The monoisotopic (exact) mass is 727 g/mol. The van der Waals surface area contributed by atoms with Gasteiger partial charge in [0.1, 0.15) is 5.69 Å². The number of fused-ring (bicyclic) bond motifs is 5. The summed E-state index contributed by atoms with van der Waals surface area (Å²) in [4.78, 5) is 30.7. The number of anilines is 1. The van der Waals surface area contributed by atoms with E-state index in [1.165, 1.54) is 12.2 Å². The second-order valence-electron chi connectivity index (χ2n) is 13.4. The number of carboxylic acid groups (broad SMARTS) is 1. The lowest BCUT2D eigenvalue weighted by molar-refractivity contribution is -0.295. The van der Waals surface area contributed by atoms with Crippen LogP contribution in [0.5, 0.6) is 0 Å². The third kappa shape index (κ3) is 6.50. The van der Waals surface area contributed by atoms with Gasteiger partial charge in [-0.05, 0) is 59.8 Å². The van der Waals surface area contributed by atoms with Crippen LogP contribution in [0.15, 0.2) is 77.2 Å². The van der Waals surface area contributed by atoms with E-state index in [0.717, 1.165) is 35.6 Å². The van der Waals surface area contributed by atoms with Gasteiger partial charge < -0.3 is 19.2 Å². The Balaban J connectivity index is 1.33. The molecule has 16 heteroatoms. The Labute approximate surface area is 292 Å². The highest BCUT2D eigenvalue weighted by atomic mass is 19.4. The SMILES string of the molecule is O=C(O)Nc1cc(C(F)(F)F)c2nc1-c1nnc(o1)[C@@](OCc1ccccc1)(C(F)(F)F)CC=CCCN(Cc1ccc(C34CC(C3)C4)cc1)C2=O. The quantitative estimate of drug-likeness (QED) is 0.144. The van der Waals surface area contributed by atoms with E-state index in [1.807, 2.05) is 12.1 Å². The van der Waals surface area contributed by atoms with Crippen molar-refractivity contribution in [3.05, 3.63) is 107 Å². The first-order valence-electron chi connectivity index (χ1n) is 16.4. The topological polar surface area (TPSA) is 131 Å². The van der Waals surface area contributed by atoms with Crippen molar-refractivity contribution in [3.8, 4) is 11.6 Å². The molecule has 2 aromatic heterocycles. The molecule has 2 N–H and O–H groups in total. The van der Waals surface area contributed by atoms with Gasteiger partial charge in [0.2, 0.25) is 5.60 Å². The molecule has 3 saturated carbocycles. The fraction of sp³-hybridized carbons (Fsp3) is 0.361. The third-order valence-electron chi connectivity index (χ3n) is 9.93. The van der Waals surface area contributed by atoms with Crippen LogP contribution in [0.25, 0.3) is 11.6 Å². The molecule has 2 amide bonds. The van der Waals surface area contributed by atoms with Crippen LogP contribution in [0.1, 0.15) is 70.7 Å². The first-order valence-corrected chi connectivity index (χ1v) is 16.4. The Kier molecular flexibility index (Phi) is 8.83. The number of amides is 2. The number of ether oxygens (including phenoxy) is 1. The molecule has 3 fully saturated rings. The minimum atomic E-state index is -5.20. The van der Waals surface area contributed by atoms with Crippen molar-refractivity contribution in [1.29, 1.82) is 0 Å². The average Bonchev–Trinajstić information content (AvgIpc) is 3.53. The van der Waals surface area contributed by atoms with E-state index >= 15 is 13.2 Å². The van der Waals surface area contributed by atoms with Gasteiger partial charge in [-0.2, -0.15) is 26.3 Å². The molecule has 4 aliphatic rings. The largest absolute Gasteiger partial charge is 0.465 e. The van der Waals surface area contributed by atoms with E-state index < -0.39 is 77.4 Å². The molecular weight excluding hydrogens is 696 g/mol. The maximum Gasteiger partial charge on any atom is 0.426 e. The van der Waals surface area contributed by atoms with Gasteiger partial charge in [0.25, 0.3) is 17.7 Å². The Bertz CT molecular complexity index is 2000. The minimum absolute atomic E-state index is 0.0527. The average molecular weight is 728 g/mol. The number of hydrogen-bond acceptors (Lipinski definition) is 7. The highest BCUT2D eigenvalue weighted by Crippen LogP contribution is 2.65. The van der Waals surface area contributed by atoms with Crippen LogP contribution in [-0.4, -0.2) is 49.9 Å². The van der Waals surface area contributed by atoms with Crippen molar-refractivity contribution >= 4 is 17.7 Å². The third-order valence-corrected chi connectivity index (χ3v) is 9.93. The van der Waals surface area contributed by atoms with Gasteiger partial charge in [-0.15, -0.1) is 10.2 Å². The van der Waals surface area contributed by atoms with Crippen LogP contribution in [0.2, 0.25) is 0 Å².